The van der Waals surface area contributed by atoms with Gasteiger partial charge < -0.3 is 30.0 Å². The number of aromatic carboxylic acids is 1. The Hall–Kier alpha value is -3.31. The summed E-state index contributed by atoms with van der Waals surface area (Å²) in [7, 11) is -3.55. The summed E-state index contributed by atoms with van der Waals surface area (Å²) >= 11 is 0. The van der Waals surface area contributed by atoms with Gasteiger partial charge in [-0.15, -0.1) is 0 Å². The van der Waals surface area contributed by atoms with Crippen LogP contribution in [0.25, 0.3) is 0 Å². The van der Waals surface area contributed by atoms with Crippen LogP contribution in [0.1, 0.15) is 42.3 Å². The molecular weight excluding hydrogens is 464 g/mol. The van der Waals surface area contributed by atoms with Crippen LogP contribution in [0.3, 0.4) is 0 Å². The lowest BCUT2D eigenvalue weighted by molar-refractivity contribution is 0.0376. The number of hydrogen-bond donors (Lipinski definition) is 3. The van der Waals surface area contributed by atoms with E-state index in [1.165, 1.54) is 18.2 Å². The summed E-state index contributed by atoms with van der Waals surface area (Å²) in [5.41, 5.74) is 1.36. The topological polar surface area (TPSA) is 140 Å². The molecule has 0 aromatic heterocycles. The molecule has 10 nitrogen and oxygen atoms in total. The standard InChI is InChI=1S/C23H30N2O8S/c1-5-31-19-12-21(34(4,29)30)20(32-6-2)11-18(19)13-24-23(28)25-15(3)33-14-16-8-7-9-17(10-16)22(26)27/h7-12,15H,5-6,13-14H2,1-4H3,(H,26,27)(H2,24,25,28). The molecule has 2 amide bonds. The predicted octanol–water partition coefficient (Wildman–Crippen LogP) is 2.95. The molecule has 2 aromatic rings. The second-order valence-electron chi connectivity index (χ2n) is 7.33. The van der Waals surface area contributed by atoms with Crippen molar-refractivity contribution in [1.29, 1.82) is 0 Å². The van der Waals surface area contributed by atoms with Crippen molar-refractivity contribution in [2.75, 3.05) is 19.5 Å². The van der Waals surface area contributed by atoms with Crippen LogP contribution in [-0.4, -0.2) is 51.2 Å². The molecule has 0 aliphatic heterocycles. The predicted molar refractivity (Wildman–Crippen MR) is 125 cm³/mol. The Morgan fingerprint density at radius 1 is 1.06 bits per heavy atom. The van der Waals surface area contributed by atoms with E-state index in [1.54, 1.807) is 39.0 Å². The quantitative estimate of drug-likeness (QED) is 0.383. The zero-order valence-corrected chi connectivity index (χ0v) is 20.4. The number of ether oxygens (including phenoxy) is 3. The summed E-state index contributed by atoms with van der Waals surface area (Å²) in [4.78, 5) is 23.4. The van der Waals surface area contributed by atoms with E-state index in [0.717, 1.165) is 6.26 Å². The normalized spacial score (nSPS) is 12.0. The van der Waals surface area contributed by atoms with Gasteiger partial charge >= 0.3 is 12.0 Å². The van der Waals surface area contributed by atoms with Crippen molar-refractivity contribution in [3.63, 3.8) is 0 Å². The summed E-state index contributed by atoms with van der Waals surface area (Å²) in [5, 5.41) is 14.4. The van der Waals surface area contributed by atoms with E-state index in [4.69, 9.17) is 19.3 Å². The van der Waals surface area contributed by atoms with Crippen molar-refractivity contribution in [3.8, 4) is 11.5 Å². The number of nitrogens with one attached hydrogen (secondary N) is 2. The van der Waals surface area contributed by atoms with Crippen LogP contribution in [0, 0.1) is 0 Å². The molecule has 3 N–H and O–H groups in total. The molecule has 11 heteroatoms. The maximum absolute atomic E-state index is 12.3. The lowest BCUT2D eigenvalue weighted by Gasteiger charge is -2.18. The van der Waals surface area contributed by atoms with Gasteiger partial charge in [0.2, 0.25) is 0 Å². The fourth-order valence-electron chi connectivity index (χ4n) is 3.04. The van der Waals surface area contributed by atoms with Crippen LogP contribution in [-0.2, 0) is 27.7 Å². The number of amides is 2. The molecule has 0 saturated carbocycles. The Bertz CT molecular complexity index is 1120. The summed E-state index contributed by atoms with van der Waals surface area (Å²) in [6.07, 6.45) is 0.428. The van der Waals surface area contributed by atoms with E-state index in [1.807, 2.05) is 0 Å². The minimum absolute atomic E-state index is 0.0139. The molecule has 34 heavy (non-hydrogen) atoms. The van der Waals surface area contributed by atoms with Gasteiger partial charge in [0.25, 0.3) is 0 Å². The number of carbonyl (C=O) groups is 2. The minimum atomic E-state index is -3.55. The SMILES string of the molecule is CCOc1cc(S(C)(=O)=O)c(OCC)cc1CNC(=O)NC(C)OCc1cccc(C(=O)O)c1. The molecular formula is C23H30N2O8S. The highest BCUT2D eigenvalue weighted by Gasteiger charge is 2.20. The second-order valence-corrected chi connectivity index (χ2v) is 9.31. The largest absolute Gasteiger partial charge is 0.493 e. The number of urea groups is 1. The molecule has 1 unspecified atom stereocenters. The molecule has 0 radical (unpaired) electrons. The average molecular weight is 495 g/mol. The molecule has 0 heterocycles. The van der Waals surface area contributed by atoms with Gasteiger partial charge in [0.1, 0.15) is 22.6 Å². The number of rotatable bonds is 12. The lowest BCUT2D eigenvalue weighted by Crippen LogP contribution is -2.41. The van der Waals surface area contributed by atoms with Crippen molar-refractivity contribution in [2.45, 2.75) is 45.0 Å². The van der Waals surface area contributed by atoms with Gasteiger partial charge in [-0.25, -0.2) is 18.0 Å². The van der Waals surface area contributed by atoms with Gasteiger partial charge in [-0.1, -0.05) is 12.1 Å². The van der Waals surface area contributed by atoms with Gasteiger partial charge in [-0.05, 0) is 44.5 Å². The third-order valence-corrected chi connectivity index (χ3v) is 5.69. The first-order valence-electron chi connectivity index (χ1n) is 10.7. The van der Waals surface area contributed by atoms with E-state index < -0.39 is 28.1 Å². The van der Waals surface area contributed by atoms with Crippen LogP contribution >= 0.6 is 0 Å². The summed E-state index contributed by atoms with van der Waals surface area (Å²) in [5.74, 6) is -0.517. The lowest BCUT2D eigenvalue weighted by atomic mass is 10.1. The number of carboxylic acids is 1. The summed E-state index contributed by atoms with van der Waals surface area (Å²) in [6, 6.07) is 8.76. The highest BCUT2D eigenvalue weighted by molar-refractivity contribution is 7.90. The third kappa shape index (κ3) is 7.92. The van der Waals surface area contributed by atoms with Crippen LogP contribution in [0.2, 0.25) is 0 Å². The number of sulfone groups is 1. The Kier molecular flexibility index (Phi) is 9.69. The third-order valence-electron chi connectivity index (χ3n) is 4.57. The fraction of sp³-hybridized carbons (Fsp3) is 0.391. The van der Waals surface area contributed by atoms with E-state index in [0.29, 0.717) is 23.5 Å². The molecule has 2 rings (SSSR count). The Labute approximate surface area is 199 Å². The Balaban J connectivity index is 2.02. The molecule has 0 aliphatic carbocycles. The second kappa shape index (κ2) is 12.2. The maximum Gasteiger partial charge on any atom is 0.335 e. The Morgan fingerprint density at radius 2 is 1.74 bits per heavy atom. The van der Waals surface area contributed by atoms with Crippen molar-refractivity contribution in [1.82, 2.24) is 10.6 Å². The monoisotopic (exact) mass is 494 g/mol. The zero-order chi connectivity index (χ0) is 25.3. The van der Waals surface area contributed by atoms with E-state index in [-0.39, 0.29) is 36.0 Å². The van der Waals surface area contributed by atoms with E-state index >= 15 is 0 Å². The number of carboxylic acid groups (broad SMARTS) is 1. The van der Waals surface area contributed by atoms with Gasteiger partial charge in [0.15, 0.2) is 9.84 Å². The highest BCUT2D eigenvalue weighted by atomic mass is 32.2. The first kappa shape index (κ1) is 26.9. The molecule has 186 valence electrons. The van der Waals surface area contributed by atoms with Gasteiger partial charge in [-0.3, -0.25) is 0 Å². The van der Waals surface area contributed by atoms with Gasteiger partial charge in [0.05, 0.1) is 25.4 Å². The molecule has 0 fully saturated rings. The van der Waals surface area contributed by atoms with Crippen molar-refractivity contribution < 1.29 is 37.3 Å². The first-order valence-corrected chi connectivity index (χ1v) is 12.5. The average Bonchev–Trinajstić information content (AvgIpc) is 2.77. The number of benzene rings is 2. The van der Waals surface area contributed by atoms with Crippen LogP contribution < -0.4 is 20.1 Å². The molecule has 0 spiro atoms. The maximum atomic E-state index is 12.3. The van der Waals surface area contributed by atoms with Crippen molar-refractivity contribution >= 4 is 21.8 Å². The van der Waals surface area contributed by atoms with Crippen molar-refractivity contribution in [2.24, 2.45) is 0 Å². The highest BCUT2D eigenvalue weighted by Crippen LogP contribution is 2.32. The van der Waals surface area contributed by atoms with Crippen LogP contribution in [0.15, 0.2) is 41.3 Å². The van der Waals surface area contributed by atoms with Crippen LogP contribution in [0.4, 0.5) is 4.79 Å². The zero-order valence-electron chi connectivity index (χ0n) is 19.6. The minimum Gasteiger partial charge on any atom is -0.493 e. The summed E-state index contributed by atoms with van der Waals surface area (Å²) in [6.45, 7) is 5.90. The fourth-order valence-corrected chi connectivity index (χ4v) is 3.84. The van der Waals surface area contributed by atoms with Crippen LogP contribution in [0.5, 0.6) is 11.5 Å². The number of hydrogen-bond acceptors (Lipinski definition) is 7. The molecule has 1 atom stereocenters. The molecule has 0 aliphatic rings. The Morgan fingerprint density at radius 3 is 2.35 bits per heavy atom. The smallest absolute Gasteiger partial charge is 0.335 e. The van der Waals surface area contributed by atoms with Crippen molar-refractivity contribution in [3.05, 3.63) is 53.1 Å². The van der Waals surface area contributed by atoms with E-state index in [2.05, 4.69) is 10.6 Å². The van der Waals surface area contributed by atoms with Gasteiger partial charge in [0, 0.05) is 24.4 Å². The first-order chi connectivity index (χ1) is 16.0. The van der Waals surface area contributed by atoms with E-state index in [9.17, 15) is 18.0 Å². The summed E-state index contributed by atoms with van der Waals surface area (Å²) < 4.78 is 40.9. The molecule has 0 bridgehead atoms. The molecule has 2 aromatic carbocycles. The molecule has 0 saturated heterocycles. The van der Waals surface area contributed by atoms with Gasteiger partial charge in [-0.2, -0.15) is 0 Å². The number of carbonyl (C=O) groups excluding carboxylic acids is 1.